The van der Waals surface area contributed by atoms with Crippen LogP contribution in [0, 0.1) is 11.3 Å². The molecule has 1 rings (SSSR count). The van der Waals surface area contributed by atoms with Gasteiger partial charge in [-0.15, -0.1) is 0 Å². The maximum atomic E-state index is 9.38. The summed E-state index contributed by atoms with van der Waals surface area (Å²) in [5.74, 6) is 0.00347. The van der Waals surface area contributed by atoms with E-state index in [1.165, 1.54) is 6.07 Å². The fourth-order valence-electron chi connectivity index (χ4n) is 0.419. The summed E-state index contributed by atoms with van der Waals surface area (Å²) < 4.78 is 0. The summed E-state index contributed by atoms with van der Waals surface area (Å²) in [6.45, 7) is 0.913. The Labute approximate surface area is 74.3 Å². The van der Waals surface area contributed by atoms with Gasteiger partial charge in [-0.25, -0.2) is 0 Å². The number of carboxylic acid groups (broad SMARTS) is 1. The number of carboxylic acids is 1. The highest BCUT2D eigenvalue weighted by atomic mass is 32.2. The molecule has 0 radical (unpaired) electrons. The SMILES string of the molecule is N#CCC(=O)O.NC1=NCCS1. The van der Waals surface area contributed by atoms with E-state index in [1.54, 1.807) is 11.8 Å². The molecule has 0 aliphatic carbocycles. The predicted octanol–water partition coefficient (Wildman–Crippen LogP) is 0.0326. The molecule has 0 aromatic rings. The Morgan fingerprint density at radius 3 is 2.67 bits per heavy atom. The third kappa shape index (κ3) is 6.89. The molecular weight excluding hydrogens is 178 g/mol. The summed E-state index contributed by atoms with van der Waals surface area (Å²) in [7, 11) is 0. The van der Waals surface area contributed by atoms with E-state index in [-0.39, 0.29) is 0 Å². The molecule has 66 valence electrons. The molecule has 0 fully saturated rings. The Hall–Kier alpha value is -1.22. The largest absolute Gasteiger partial charge is 0.480 e. The first kappa shape index (κ1) is 10.8. The molecule has 0 unspecified atom stereocenters. The van der Waals surface area contributed by atoms with Crippen LogP contribution in [0.15, 0.2) is 4.99 Å². The van der Waals surface area contributed by atoms with E-state index in [0.29, 0.717) is 0 Å². The second-order valence-electron chi connectivity index (χ2n) is 1.80. The number of hydrogen-bond donors (Lipinski definition) is 2. The van der Waals surface area contributed by atoms with Crippen LogP contribution >= 0.6 is 11.8 Å². The summed E-state index contributed by atoms with van der Waals surface area (Å²) in [5.41, 5.74) is 5.25. The van der Waals surface area contributed by atoms with Crippen molar-refractivity contribution >= 4 is 22.9 Å². The number of hydrogen-bond acceptors (Lipinski definition) is 5. The normalized spacial score (nSPS) is 13.8. The number of aliphatic imine (C=N–C) groups is 1. The lowest BCUT2D eigenvalue weighted by Gasteiger charge is -1.78. The number of amidine groups is 1. The Balaban J connectivity index is 0.000000202. The summed E-state index contributed by atoms with van der Waals surface area (Å²) in [6, 6.07) is 1.47. The Morgan fingerprint density at radius 2 is 2.58 bits per heavy atom. The predicted molar refractivity (Wildman–Crippen MR) is 46.8 cm³/mol. The van der Waals surface area contributed by atoms with Crippen LogP contribution in [0.25, 0.3) is 0 Å². The van der Waals surface area contributed by atoms with Crippen molar-refractivity contribution in [3.63, 3.8) is 0 Å². The van der Waals surface area contributed by atoms with Gasteiger partial charge in [0.25, 0.3) is 0 Å². The van der Waals surface area contributed by atoms with Crippen LogP contribution in [0.5, 0.6) is 0 Å². The number of nitriles is 1. The highest BCUT2D eigenvalue weighted by Crippen LogP contribution is 2.05. The lowest BCUT2D eigenvalue weighted by molar-refractivity contribution is -0.135. The van der Waals surface area contributed by atoms with Crippen molar-refractivity contribution in [2.45, 2.75) is 6.42 Å². The van der Waals surface area contributed by atoms with Gasteiger partial charge in [0.05, 0.1) is 12.6 Å². The third-order valence-corrected chi connectivity index (χ3v) is 1.65. The molecule has 1 heterocycles. The van der Waals surface area contributed by atoms with Crippen molar-refractivity contribution in [2.75, 3.05) is 12.3 Å². The fourth-order valence-corrected chi connectivity index (χ4v) is 0.994. The zero-order valence-corrected chi connectivity index (χ0v) is 7.17. The van der Waals surface area contributed by atoms with E-state index >= 15 is 0 Å². The van der Waals surface area contributed by atoms with E-state index < -0.39 is 12.4 Å². The first-order chi connectivity index (χ1) is 5.66. The third-order valence-electron chi connectivity index (χ3n) is 0.839. The first-order valence-electron chi connectivity index (χ1n) is 3.18. The van der Waals surface area contributed by atoms with E-state index in [9.17, 15) is 4.79 Å². The molecule has 0 aromatic heterocycles. The number of carbonyl (C=O) groups is 1. The average Bonchev–Trinajstić information content (AvgIpc) is 2.40. The Bertz CT molecular complexity index is 221. The topological polar surface area (TPSA) is 99.5 Å². The van der Waals surface area contributed by atoms with Gasteiger partial charge in [-0.2, -0.15) is 5.26 Å². The van der Waals surface area contributed by atoms with Gasteiger partial charge in [0, 0.05) is 5.75 Å². The molecule has 0 saturated heterocycles. The van der Waals surface area contributed by atoms with Gasteiger partial charge in [-0.1, -0.05) is 11.8 Å². The van der Waals surface area contributed by atoms with E-state index in [2.05, 4.69) is 4.99 Å². The van der Waals surface area contributed by atoms with Crippen LogP contribution in [0.2, 0.25) is 0 Å². The van der Waals surface area contributed by atoms with Gasteiger partial charge in [-0.05, 0) is 0 Å². The Kier molecular flexibility index (Phi) is 5.83. The van der Waals surface area contributed by atoms with Gasteiger partial charge in [0.1, 0.15) is 6.42 Å². The minimum absolute atomic E-state index is 0.403. The molecule has 0 aromatic carbocycles. The Morgan fingerprint density at radius 1 is 1.92 bits per heavy atom. The minimum atomic E-state index is -1.07. The van der Waals surface area contributed by atoms with Crippen LogP contribution < -0.4 is 5.73 Å². The average molecular weight is 187 g/mol. The van der Waals surface area contributed by atoms with Crippen LogP contribution in [0.3, 0.4) is 0 Å². The summed E-state index contributed by atoms with van der Waals surface area (Å²) in [5, 5.41) is 16.0. The molecular formula is C6H9N3O2S. The quantitative estimate of drug-likeness (QED) is 0.603. The standard InChI is InChI=1S/C3H6N2S.C3H3NO2/c4-3-5-1-2-6-3;4-2-1-3(5)6/h1-2H2,(H2,4,5);1H2,(H,5,6). The molecule has 0 atom stereocenters. The molecule has 0 spiro atoms. The maximum Gasteiger partial charge on any atom is 0.317 e. The van der Waals surface area contributed by atoms with Gasteiger partial charge in [0.15, 0.2) is 5.17 Å². The fraction of sp³-hybridized carbons (Fsp3) is 0.500. The lowest BCUT2D eigenvalue weighted by Crippen LogP contribution is -2.00. The van der Waals surface area contributed by atoms with Crippen molar-refractivity contribution in [2.24, 2.45) is 10.7 Å². The minimum Gasteiger partial charge on any atom is -0.480 e. The molecule has 1 aliphatic heterocycles. The second-order valence-corrected chi connectivity index (χ2v) is 2.91. The van der Waals surface area contributed by atoms with Crippen LogP contribution in [-0.2, 0) is 4.79 Å². The summed E-state index contributed by atoms with van der Waals surface area (Å²) >= 11 is 1.62. The highest BCUT2D eigenvalue weighted by molar-refractivity contribution is 8.14. The number of thioether (sulfide) groups is 1. The number of aliphatic carboxylic acids is 1. The summed E-state index contributed by atoms with van der Waals surface area (Å²) in [6.07, 6.45) is -0.403. The van der Waals surface area contributed by atoms with Crippen molar-refractivity contribution < 1.29 is 9.90 Å². The monoisotopic (exact) mass is 187 g/mol. The van der Waals surface area contributed by atoms with Gasteiger partial charge >= 0.3 is 5.97 Å². The van der Waals surface area contributed by atoms with Crippen LogP contribution in [-0.4, -0.2) is 28.5 Å². The molecule has 5 nitrogen and oxygen atoms in total. The lowest BCUT2D eigenvalue weighted by atomic mass is 10.5. The zero-order chi connectivity index (χ0) is 9.40. The zero-order valence-electron chi connectivity index (χ0n) is 6.36. The molecule has 0 amide bonds. The van der Waals surface area contributed by atoms with Crippen LogP contribution in [0.1, 0.15) is 6.42 Å². The summed E-state index contributed by atoms with van der Waals surface area (Å²) in [4.78, 5) is 13.3. The number of rotatable bonds is 1. The molecule has 0 bridgehead atoms. The van der Waals surface area contributed by atoms with E-state index in [1.807, 2.05) is 0 Å². The molecule has 3 N–H and O–H groups in total. The van der Waals surface area contributed by atoms with Crippen molar-refractivity contribution in [3.05, 3.63) is 0 Å². The van der Waals surface area contributed by atoms with Crippen LogP contribution in [0.4, 0.5) is 0 Å². The van der Waals surface area contributed by atoms with Gasteiger partial charge in [0.2, 0.25) is 0 Å². The molecule has 1 aliphatic rings. The molecule has 6 heteroatoms. The second kappa shape index (κ2) is 6.49. The van der Waals surface area contributed by atoms with Crippen molar-refractivity contribution in [1.29, 1.82) is 5.26 Å². The van der Waals surface area contributed by atoms with Crippen molar-refractivity contribution in [3.8, 4) is 6.07 Å². The van der Waals surface area contributed by atoms with Gasteiger partial charge in [-0.3, -0.25) is 9.79 Å². The van der Waals surface area contributed by atoms with Gasteiger partial charge < -0.3 is 10.8 Å². The maximum absolute atomic E-state index is 9.38. The molecule has 0 saturated carbocycles. The molecule has 12 heavy (non-hydrogen) atoms. The highest BCUT2D eigenvalue weighted by Gasteiger charge is 1.98. The van der Waals surface area contributed by atoms with E-state index in [0.717, 1.165) is 17.5 Å². The smallest absolute Gasteiger partial charge is 0.317 e. The number of nitrogens with zero attached hydrogens (tertiary/aromatic N) is 2. The van der Waals surface area contributed by atoms with E-state index in [4.69, 9.17) is 16.1 Å². The van der Waals surface area contributed by atoms with Crippen molar-refractivity contribution in [1.82, 2.24) is 0 Å². The number of nitrogens with two attached hydrogens (primary N) is 1. The first-order valence-corrected chi connectivity index (χ1v) is 4.17.